The molecule has 1 saturated heterocycles. The van der Waals surface area contributed by atoms with Crippen molar-refractivity contribution in [1.29, 1.82) is 0 Å². The summed E-state index contributed by atoms with van der Waals surface area (Å²) in [6, 6.07) is 2.51. The number of nitrogens with one attached hydrogen (secondary N) is 1. The number of carbonyl (C=O) groups is 3. The summed E-state index contributed by atoms with van der Waals surface area (Å²) in [5.41, 5.74) is 5.75. The number of methoxy groups -OCH3 is 1. The number of anilines is 1. The molecule has 15 heteroatoms. The van der Waals surface area contributed by atoms with E-state index < -0.39 is 29.2 Å². The maximum atomic E-state index is 13.0. The number of thioether (sulfide) groups is 1. The molecule has 4 heterocycles. The van der Waals surface area contributed by atoms with Gasteiger partial charge in [-0.15, -0.1) is 18.2 Å². The molecule has 36 heavy (non-hydrogen) atoms. The van der Waals surface area contributed by atoms with Gasteiger partial charge in [0.2, 0.25) is 11.5 Å². The summed E-state index contributed by atoms with van der Waals surface area (Å²) in [5.74, 6) is 0.554. The molecule has 2 aromatic rings. The van der Waals surface area contributed by atoms with E-state index in [1.807, 2.05) is 0 Å². The minimum Gasteiger partial charge on any atom is -0.496 e. The van der Waals surface area contributed by atoms with Crippen LogP contribution in [0.15, 0.2) is 41.0 Å². The van der Waals surface area contributed by atoms with Crippen molar-refractivity contribution in [2.24, 2.45) is 5.16 Å². The normalized spacial score (nSPS) is 19.2. The van der Waals surface area contributed by atoms with Gasteiger partial charge < -0.3 is 25.7 Å². The first kappa shape index (κ1) is 24.9. The van der Waals surface area contributed by atoms with Gasteiger partial charge in [-0.3, -0.25) is 14.5 Å². The lowest BCUT2D eigenvalue weighted by atomic mass is 10.0. The van der Waals surface area contributed by atoms with E-state index in [2.05, 4.69) is 25.8 Å². The molecule has 0 radical (unpaired) electrons. The minimum absolute atomic E-state index is 0.0862. The number of carbonyl (C=O) groups excluding carboxylic acids is 2. The Hall–Kier alpha value is -4.16. The summed E-state index contributed by atoms with van der Waals surface area (Å²) in [4.78, 5) is 48.0. The predicted molar refractivity (Wildman–Crippen MR) is 129 cm³/mol. The molecule has 1 unspecified atom stereocenters. The molecule has 2 aliphatic rings. The molecule has 2 atom stereocenters. The van der Waals surface area contributed by atoms with Crippen LogP contribution >= 0.6 is 23.3 Å². The predicted octanol–water partition coefficient (Wildman–Crippen LogP) is -0.791. The average molecular weight is 531 g/mol. The van der Waals surface area contributed by atoms with E-state index in [0.717, 1.165) is 11.5 Å². The first-order valence-corrected chi connectivity index (χ1v) is 12.1. The number of carboxylic acids is 1. The van der Waals surface area contributed by atoms with E-state index in [0.29, 0.717) is 17.1 Å². The molecular formula is C21H20N7O6S2+. The Morgan fingerprint density at radius 2 is 2.19 bits per heavy atom. The standard InChI is InChI=1S/C21H19N7O6S2/c1-3-8-34-25-13(16-24-21(22)36-26-16)17(29)23-14-18(30)28-15(20(31)32)11(10-35-19(14)28)9-27-6-4-12(33-2)5-7-27/h1,4-7,14,19H,8-10H2,2H3,(H3-,22,23,24,26,29,31,32)/p+1/t14?,19-/m1/s1. The Morgan fingerprint density at radius 3 is 2.81 bits per heavy atom. The van der Waals surface area contributed by atoms with Crippen molar-refractivity contribution in [3.63, 3.8) is 0 Å². The van der Waals surface area contributed by atoms with Crippen molar-refractivity contribution in [3.05, 3.63) is 41.6 Å². The van der Waals surface area contributed by atoms with Gasteiger partial charge in [-0.05, 0) is 0 Å². The second kappa shape index (κ2) is 10.6. The summed E-state index contributed by atoms with van der Waals surface area (Å²) >= 11 is 2.19. The van der Waals surface area contributed by atoms with Crippen LogP contribution in [0.2, 0.25) is 0 Å². The number of oxime groups is 1. The Balaban J connectivity index is 1.52. The van der Waals surface area contributed by atoms with E-state index in [1.165, 1.54) is 16.7 Å². The molecule has 4 rings (SSSR count). The van der Waals surface area contributed by atoms with Gasteiger partial charge in [0.25, 0.3) is 11.8 Å². The Bertz CT molecular complexity index is 1300. The molecule has 0 spiro atoms. The van der Waals surface area contributed by atoms with Crippen LogP contribution in [0.5, 0.6) is 5.75 Å². The third kappa shape index (κ3) is 4.95. The number of fused-ring (bicyclic) bond motifs is 1. The number of terminal acetylenes is 1. The van der Waals surface area contributed by atoms with Crippen molar-refractivity contribution < 1.29 is 33.6 Å². The molecule has 4 N–H and O–H groups in total. The van der Waals surface area contributed by atoms with Crippen LogP contribution in [0.3, 0.4) is 0 Å². The number of nitrogens with two attached hydrogens (primary N) is 1. The molecule has 2 amide bonds. The second-order valence-corrected chi connectivity index (χ2v) is 9.29. The zero-order chi connectivity index (χ0) is 25.8. The molecule has 1 fully saturated rings. The van der Waals surface area contributed by atoms with Gasteiger partial charge in [-0.25, -0.2) is 9.36 Å². The topological polar surface area (TPSA) is 173 Å². The van der Waals surface area contributed by atoms with Crippen LogP contribution in [0.25, 0.3) is 0 Å². The number of pyridine rings is 1. The quantitative estimate of drug-likeness (QED) is 0.0931. The zero-order valence-corrected chi connectivity index (χ0v) is 20.4. The highest BCUT2D eigenvalue weighted by Gasteiger charge is 2.54. The SMILES string of the molecule is C#CCON=C(C(=O)NC1C(=O)N2C(C(=O)O)=C(C[n+]3ccc(OC)cc3)CS[C@H]12)c1nsc(N)n1. The lowest BCUT2D eigenvalue weighted by Crippen LogP contribution is -2.71. The first-order valence-electron chi connectivity index (χ1n) is 10.3. The van der Waals surface area contributed by atoms with Gasteiger partial charge in [0.1, 0.15) is 22.9 Å². The van der Waals surface area contributed by atoms with Crippen LogP contribution in [-0.4, -0.2) is 73.7 Å². The number of nitrogens with zero attached hydrogens (tertiary/aromatic N) is 5. The molecule has 186 valence electrons. The van der Waals surface area contributed by atoms with E-state index in [4.69, 9.17) is 21.7 Å². The lowest BCUT2D eigenvalue weighted by molar-refractivity contribution is -0.689. The van der Waals surface area contributed by atoms with E-state index in [9.17, 15) is 19.5 Å². The maximum Gasteiger partial charge on any atom is 0.352 e. The largest absolute Gasteiger partial charge is 0.496 e. The molecule has 0 saturated carbocycles. The van der Waals surface area contributed by atoms with Gasteiger partial charge >= 0.3 is 5.97 Å². The summed E-state index contributed by atoms with van der Waals surface area (Å²) in [6.45, 7) is 0.0686. The van der Waals surface area contributed by atoms with Crippen molar-refractivity contribution >= 4 is 51.9 Å². The monoisotopic (exact) mass is 530 g/mol. The Kier molecular flexibility index (Phi) is 7.36. The fourth-order valence-corrected chi connectivity index (χ4v) is 5.34. The fraction of sp³-hybridized carbons (Fsp3) is 0.286. The van der Waals surface area contributed by atoms with Crippen LogP contribution in [0.1, 0.15) is 5.82 Å². The van der Waals surface area contributed by atoms with E-state index in [-0.39, 0.29) is 35.5 Å². The van der Waals surface area contributed by atoms with Crippen LogP contribution in [0, 0.1) is 12.3 Å². The van der Waals surface area contributed by atoms with E-state index in [1.54, 1.807) is 36.2 Å². The number of ether oxygens (including phenoxy) is 1. The van der Waals surface area contributed by atoms with Crippen molar-refractivity contribution in [1.82, 2.24) is 19.6 Å². The number of nitrogen functional groups attached to an aromatic ring is 1. The number of aromatic nitrogens is 3. The van der Waals surface area contributed by atoms with Gasteiger partial charge in [-0.2, -0.15) is 9.36 Å². The average Bonchev–Trinajstić information content (AvgIpc) is 3.30. The summed E-state index contributed by atoms with van der Waals surface area (Å²) in [6.07, 6.45) is 8.65. The number of hydrogen-bond acceptors (Lipinski definition) is 11. The van der Waals surface area contributed by atoms with Gasteiger partial charge in [0, 0.05) is 35.0 Å². The molecule has 0 aromatic carbocycles. The van der Waals surface area contributed by atoms with Crippen LogP contribution in [0.4, 0.5) is 5.13 Å². The van der Waals surface area contributed by atoms with Gasteiger partial charge in [-0.1, -0.05) is 11.1 Å². The lowest BCUT2D eigenvalue weighted by Gasteiger charge is -2.49. The smallest absolute Gasteiger partial charge is 0.352 e. The zero-order valence-electron chi connectivity index (χ0n) is 18.8. The molecule has 2 aromatic heterocycles. The van der Waals surface area contributed by atoms with Gasteiger partial charge in [0.15, 0.2) is 30.7 Å². The highest BCUT2D eigenvalue weighted by molar-refractivity contribution is 8.00. The summed E-state index contributed by atoms with van der Waals surface area (Å²) in [7, 11) is 1.55. The minimum atomic E-state index is -1.23. The Labute approximate surface area is 213 Å². The number of rotatable bonds is 9. The summed E-state index contributed by atoms with van der Waals surface area (Å²) < 4.78 is 10.9. The third-order valence-corrected chi connectivity index (χ3v) is 7.06. The number of carboxylic acid groups (broad SMARTS) is 1. The number of hydrogen-bond donors (Lipinski definition) is 3. The second-order valence-electron chi connectivity index (χ2n) is 7.40. The molecule has 0 bridgehead atoms. The third-order valence-electron chi connectivity index (χ3n) is 5.18. The van der Waals surface area contributed by atoms with Crippen LogP contribution < -0.4 is 20.4 Å². The van der Waals surface area contributed by atoms with Gasteiger partial charge in [0.05, 0.1) is 7.11 Å². The molecule has 0 aliphatic carbocycles. The Morgan fingerprint density at radius 1 is 1.44 bits per heavy atom. The van der Waals surface area contributed by atoms with Crippen molar-refractivity contribution in [2.75, 3.05) is 25.2 Å². The highest BCUT2D eigenvalue weighted by Crippen LogP contribution is 2.40. The molecular weight excluding hydrogens is 510 g/mol. The molecule has 2 aliphatic heterocycles. The first-order chi connectivity index (χ1) is 17.3. The molecule has 13 nitrogen and oxygen atoms in total. The highest BCUT2D eigenvalue weighted by atomic mass is 32.2. The fourth-order valence-electron chi connectivity index (χ4n) is 3.57. The maximum absolute atomic E-state index is 13.0. The van der Waals surface area contributed by atoms with Crippen molar-refractivity contribution in [2.45, 2.75) is 18.0 Å². The van der Waals surface area contributed by atoms with Crippen LogP contribution in [-0.2, 0) is 25.8 Å². The number of aliphatic carboxylic acids is 1. The summed E-state index contributed by atoms with van der Waals surface area (Å²) in [5, 5.41) is 15.6. The number of amides is 2. The van der Waals surface area contributed by atoms with Crippen molar-refractivity contribution in [3.8, 4) is 18.1 Å². The number of β-lactam (4-membered cyclic amide) rings is 1. The van der Waals surface area contributed by atoms with E-state index >= 15 is 0 Å².